The van der Waals surface area contributed by atoms with Crippen LogP contribution < -0.4 is 10.6 Å². The summed E-state index contributed by atoms with van der Waals surface area (Å²) in [5.74, 6) is -4.25. The third kappa shape index (κ3) is 9.24. The molecule has 0 saturated carbocycles. The molecule has 222 valence electrons. The van der Waals surface area contributed by atoms with Crippen LogP contribution in [-0.2, 0) is 33.4 Å². The molecule has 0 radical (unpaired) electrons. The van der Waals surface area contributed by atoms with Crippen LogP contribution in [0.5, 0.6) is 5.75 Å². The summed E-state index contributed by atoms with van der Waals surface area (Å²) in [6.07, 6.45) is 2.35. The number of aromatic hydroxyl groups is 1. The number of phenols is 1. The van der Waals surface area contributed by atoms with Crippen LogP contribution in [0.3, 0.4) is 0 Å². The van der Waals surface area contributed by atoms with Gasteiger partial charge in [0.25, 0.3) is 5.91 Å². The maximum atomic E-state index is 13.4. The van der Waals surface area contributed by atoms with Gasteiger partial charge < -0.3 is 30.0 Å². The van der Waals surface area contributed by atoms with Crippen LogP contribution in [0.4, 0.5) is 5.69 Å². The van der Waals surface area contributed by atoms with Gasteiger partial charge in [0.05, 0.1) is 17.2 Å². The number of hydrogen-bond acceptors (Lipinski definition) is 9. The molecule has 0 bridgehead atoms. The van der Waals surface area contributed by atoms with Gasteiger partial charge in [0.15, 0.2) is 17.9 Å². The number of carbonyl (C=O) groups excluding carboxylic acids is 5. The summed E-state index contributed by atoms with van der Waals surface area (Å²) in [5.41, 5.74) is -0.211. The second kappa shape index (κ2) is 15.8. The maximum Gasteiger partial charge on any atom is 0.332 e. The number of ether oxygens (including phenoxy) is 3. The van der Waals surface area contributed by atoms with Crippen molar-refractivity contribution in [3.8, 4) is 5.75 Å². The standard InChI is InChI=1S/C29H42N2O9/c1-6-7-8-9-10-12-21-26(40-23(33)15-17(2)3)19(5)39-29(37)24(18(4)38-28(21)36)31-27(35)20-13-11-14-22(25(20)34)30-16-32/h11,13-14,16-19,21,24,26,34H,6-10,12,15H2,1-5H3,(H,30,32)(H,31,35). The molecule has 1 aromatic carbocycles. The summed E-state index contributed by atoms with van der Waals surface area (Å²) in [6, 6.07) is 2.72. The fourth-order valence-corrected chi connectivity index (χ4v) is 4.58. The molecule has 3 N–H and O–H groups in total. The molecular weight excluding hydrogens is 520 g/mol. The largest absolute Gasteiger partial charge is 0.505 e. The first-order chi connectivity index (χ1) is 19.0. The number of esters is 3. The Balaban J connectivity index is 2.32. The van der Waals surface area contributed by atoms with Crippen molar-refractivity contribution in [3.63, 3.8) is 0 Å². The van der Waals surface area contributed by atoms with Crippen molar-refractivity contribution in [3.05, 3.63) is 23.8 Å². The van der Waals surface area contributed by atoms with Crippen LogP contribution in [0, 0.1) is 11.8 Å². The summed E-state index contributed by atoms with van der Waals surface area (Å²) in [5, 5.41) is 15.2. The Kier molecular flexibility index (Phi) is 12.9. The highest BCUT2D eigenvalue weighted by molar-refractivity contribution is 6.01. The molecule has 40 heavy (non-hydrogen) atoms. The minimum absolute atomic E-state index is 0.000579. The van der Waals surface area contributed by atoms with Crippen LogP contribution in [0.25, 0.3) is 0 Å². The first-order valence-electron chi connectivity index (χ1n) is 13.9. The van der Waals surface area contributed by atoms with E-state index < -0.39 is 59.8 Å². The van der Waals surface area contributed by atoms with Gasteiger partial charge in [0.2, 0.25) is 6.41 Å². The second-order valence-electron chi connectivity index (χ2n) is 10.6. The fourth-order valence-electron chi connectivity index (χ4n) is 4.58. The highest BCUT2D eigenvalue weighted by atomic mass is 16.6. The lowest BCUT2D eigenvalue weighted by molar-refractivity contribution is -0.175. The first kappa shape index (κ1) is 32.6. The van der Waals surface area contributed by atoms with E-state index in [1.807, 2.05) is 13.8 Å². The van der Waals surface area contributed by atoms with E-state index in [2.05, 4.69) is 17.6 Å². The van der Waals surface area contributed by atoms with Crippen LogP contribution in [-0.4, -0.2) is 59.7 Å². The smallest absolute Gasteiger partial charge is 0.332 e. The Hall–Kier alpha value is -3.63. The van der Waals surface area contributed by atoms with Gasteiger partial charge >= 0.3 is 17.9 Å². The lowest BCUT2D eigenvalue weighted by Crippen LogP contribution is -2.50. The molecule has 0 aromatic heterocycles. The number of amides is 2. The van der Waals surface area contributed by atoms with Gasteiger partial charge in [-0.05, 0) is 38.3 Å². The maximum absolute atomic E-state index is 13.4. The van der Waals surface area contributed by atoms with Crippen molar-refractivity contribution >= 4 is 35.9 Å². The number of rotatable bonds is 13. The SMILES string of the molecule is CCCCCCCC1C(=O)OC(C)C(NC(=O)c2cccc(NC=O)c2O)C(=O)OC(C)C1OC(=O)CC(C)C. The Morgan fingerprint density at radius 2 is 1.73 bits per heavy atom. The van der Waals surface area contributed by atoms with Crippen molar-refractivity contribution < 1.29 is 43.3 Å². The van der Waals surface area contributed by atoms with Crippen molar-refractivity contribution in [2.75, 3.05) is 5.32 Å². The lowest BCUT2D eigenvalue weighted by atomic mass is 9.91. The number of benzene rings is 1. The molecule has 1 aromatic rings. The molecule has 11 heteroatoms. The van der Waals surface area contributed by atoms with Crippen molar-refractivity contribution in [1.82, 2.24) is 5.32 Å². The number of unbranched alkanes of at least 4 members (excludes halogenated alkanes) is 4. The van der Waals surface area contributed by atoms with Gasteiger partial charge in [0, 0.05) is 6.42 Å². The third-order valence-electron chi connectivity index (χ3n) is 6.73. The van der Waals surface area contributed by atoms with Gasteiger partial charge in [0.1, 0.15) is 12.2 Å². The molecule has 0 spiro atoms. The van der Waals surface area contributed by atoms with Gasteiger partial charge in [-0.1, -0.05) is 58.9 Å². The van der Waals surface area contributed by atoms with E-state index in [1.165, 1.54) is 32.0 Å². The first-order valence-corrected chi connectivity index (χ1v) is 13.9. The Labute approximate surface area is 235 Å². The summed E-state index contributed by atoms with van der Waals surface area (Å²) >= 11 is 0. The molecular formula is C29H42N2O9. The van der Waals surface area contributed by atoms with E-state index >= 15 is 0 Å². The van der Waals surface area contributed by atoms with E-state index in [4.69, 9.17) is 14.2 Å². The average molecular weight is 563 g/mol. The zero-order valence-corrected chi connectivity index (χ0v) is 23.9. The van der Waals surface area contributed by atoms with Gasteiger partial charge in [-0.2, -0.15) is 0 Å². The number of nitrogens with one attached hydrogen (secondary N) is 2. The molecule has 1 fully saturated rings. The quantitative estimate of drug-likeness (QED) is 0.107. The van der Waals surface area contributed by atoms with E-state index in [-0.39, 0.29) is 23.6 Å². The monoisotopic (exact) mass is 562 g/mol. The zero-order valence-electron chi connectivity index (χ0n) is 23.9. The molecule has 11 nitrogen and oxygen atoms in total. The van der Waals surface area contributed by atoms with Crippen LogP contribution >= 0.6 is 0 Å². The summed E-state index contributed by atoms with van der Waals surface area (Å²) < 4.78 is 17.0. The number of carbonyl (C=O) groups is 5. The normalized spacial score (nSPS) is 23.2. The van der Waals surface area contributed by atoms with Crippen molar-refractivity contribution in [2.45, 2.75) is 104 Å². The number of hydrogen-bond donors (Lipinski definition) is 3. The van der Waals surface area contributed by atoms with Crippen LogP contribution in [0.1, 0.15) is 89.9 Å². The topological polar surface area (TPSA) is 157 Å². The Morgan fingerprint density at radius 3 is 2.38 bits per heavy atom. The van der Waals surface area contributed by atoms with Gasteiger partial charge in [-0.15, -0.1) is 0 Å². The summed E-state index contributed by atoms with van der Waals surface area (Å²) in [7, 11) is 0. The van der Waals surface area contributed by atoms with Gasteiger partial charge in [-0.25, -0.2) is 4.79 Å². The fraction of sp³-hybridized carbons (Fsp3) is 0.621. The number of para-hydroxylation sites is 1. The number of cyclic esters (lactones) is 2. The minimum Gasteiger partial charge on any atom is -0.505 e. The zero-order chi connectivity index (χ0) is 29.8. The molecule has 0 aliphatic carbocycles. The molecule has 1 aliphatic rings. The predicted octanol–water partition coefficient (Wildman–Crippen LogP) is 3.87. The highest BCUT2D eigenvalue weighted by Gasteiger charge is 2.44. The molecule has 2 rings (SSSR count). The van der Waals surface area contributed by atoms with Gasteiger partial charge in [-0.3, -0.25) is 19.2 Å². The Morgan fingerprint density at radius 1 is 1.05 bits per heavy atom. The molecule has 2 amide bonds. The van der Waals surface area contributed by atoms with E-state index in [0.29, 0.717) is 19.3 Å². The van der Waals surface area contributed by atoms with E-state index in [9.17, 15) is 29.1 Å². The molecule has 1 saturated heterocycles. The average Bonchev–Trinajstić information content (AvgIpc) is 2.90. The highest BCUT2D eigenvalue weighted by Crippen LogP contribution is 2.29. The molecule has 1 aliphatic heterocycles. The number of anilines is 1. The van der Waals surface area contributed by atoms with E-state index in [1.54, 1.807) is 0 Å². The summed E-state index contributed by atoms with van der Waals surface area (Å²) in [4.78, 5) is 63.1. The molecule has 1 heterocycles. The number of phenolic OH excluding ortho intramolecular Hbond substituents is 1. The van der Waals surface area contributed by atoms with E-state index in [0.717, 1.165) is 25.7 Å². The van der Waals surface area contributed by atoms with Crippen molar-refractivity contribution in [1.29, 1.82) is 0 Å². The summed E-state index contributed by atoms with van der Waals surface area (Å²) in [6.45, 7) is 8.82. The Bertz CT molecular complexity index is 1040. The van der Waals surface area contributed by atoms with Crippen LogP contribution in [0.15, 0.2) is 18.2 Å². The second-order valence-corrected chi connectivity index (χ2v) is 10.6. The molecule has 5 unspecified atom stereocenters. The van der Waals surface area contributed by atoms with Crippen LogP contribution in [0.2, 0.25) is 0 Å². The lowest BCUT2D eigenvalue weighted by Gasteiger charge is -2.29. The molecule has 5 atom stereocenters. The minimum atomic E-state index is -1.42. The predicted molar refractivity (Wildman–Crippen MR) is 146 cm³/mol. The third-order valence-corrected chi connectivity index (χ3v) is 6.73. The van der Waals surface area contributed by atoms with Crippen molar-refractivity contribution in [2.24, 2.45) is 11.8 Å².